The lowest BCUT2D eigenvalue weighted by Crippen LogP contribution is -2.34. The van der Waals surface area contributed by atoms with E-state index in [0.29, 0.717) is 12.0 Å². The number of anilines is 1. The van der Waals surface area contributed by atoms with Crippen molar-refractivity contribution >= 4 is 16.5 Å². The highest BCUT2D eigenvalue weighted by Gasteiger charge is 2.36. The van der Waals surface area contributed by atoms with Gasteiger partial charge in [0.15, 0.2) is 5.13 Å². The molecule has 5 heteroatoms. The fourth-order valence-electron chi connectivity index (χ4n) is 3.02. The van der Waals surface area contributed by atoms with Gasteiger partial charge in [0.25, 0.3) is 0 Å². The number of hydrogen-bond acceptors (Lipinski definition) is 5. The predicted molar refractivity (Wildman–Crippen MR) is 87.5 cm³/mol. The van der Waals surface area contributed by atoms with Crippen molar-refractivity contribution in [1.29, 1.82) is 0 Å². The van der Waals surface area contributed by atoms with Gasteiger partial charge in [0.05, 0.1) is 7.11 Å². The summed E-state index contributed by atoms with van der Waals surface area (Å²) in [6.07, 6.45) is 1.88. The third-order valence-electron chi connectivity index (χ3n) is 4.19. The monoisotopic (exact) mass is 303 g/mol. The van der Waals surface area contributed by atoms with Crippen molar-refractivity contribution in [3.05, 3.63) is 41.4 Å². The van der Waals surface area contributed by atoms with E-state index in [9.17, 15) is 0 Å². The second kappa shape index (κ2) is 6.03. The lowest BCUT2D eigenvalue weighted by atomic mass is 9.94. The Morgan fingerprint density at radius 3 is 2.57 bits per heavy atom. The Balaban J connectivity index is 1.84. The molecule has 0 saturated carbocycles. The summed E-state index contributed by atoms with van der Waals surface area (Å²) in [5.74, 6) is 1.41. The van der Waals surface area contributed by atoms with Crippen LogP contribution in [0.3, 0.4) is 0 Å². The van der Waals surface area contributed by atoms with E-state index in [1.165, 1.54) is 5.56 Å². The second-order valence-corrected chi connectivity index (χ2v) is 6.50. The number of aromatic nitrogens is 1. The topological polar surface area (TPSA) is 28.6 Å². The van der Waals surface area contributed by atoms with Crippen LogP contribution < -0.4 is 9.64 Å². The molecule has 0 bridgehead atoms. The number of likely N-dealkylation sites (N-methyl/N-ethyl adjacent to an activating group) is 1. The van der Waals surface area contributed by atoms with E-state index in [0.717, 1.165) is 24.0 Å². The minimum absolute atomic E-state index is 0.495. The standard InChI is InChI=1S/C16H21N3OS/c1-18(2)15-11-19(16-17-8-9-21-16)10-14(15)12-4-6-13(20-3)7-5-12/h4-9,14-15H,10-11H2,1-3H3/t14-,15+/m0/s1. The molecular formula is C16H21N3OS. The number of nitrogens with zero attached hydrogens (tertiary/aromatic N) is 3. The van der Waals surface area contributed by atoms with Gasteiger partial charge < -0.3 is 14.5 Å². The third-order valence-corrected chi connectivity index (χ3v) is 5.02. The van der Waals surface area contributed by atoms with Crippen LogP contribution in [0, 0.1) is 0 Å². The van der Waals surface area contributed by atoms with Gasteiger partial charge >= 0.3 is 0 Å². The molecule has 1 aromatic heterocycles. The molecule has 2 heterocycles. The normalized spacial score (nSPS) is 22.0. The molecule has 1 aliphatic heterocycles. The molecule has 1 fully saturated rings. The van der Waals surface area contributed by atoms with Gasteiger partial charge in [-0.2, -0.15) is 0 Å². The van der Waals surface area contributed by atoms with E-state index in [1.807, 2.05) is 23.7 Å². The first kappa shape index (κ1) is 14.4. The van der Waals surface area contributed by atoms with Crippen LogP contribution in [0.15, 0.2) is 35.8 Å². The van der Waals surface area contributed by atoms with Crippen molar-refractivity contribution in [2.75, 3.05) is 39.2 Å². The van der Waals surface area contributed by atoms with Crippen LogP contribution in [0.4, 0.5) is 5.13 Å². The summed E-state index contributed by atoms with van der Waals surface area (Å²) in [6, 6.07) is 8.97. The molecule has 0 radical (unpaired) electrons. The fourth-order valence-corrected chi connectivity index (χ4v) is 3.68. The summed E-state index contributed by atoms with van der Waals surface area (Å²) in [5, 5.41) is 3.17. The van der Waals surface area contributed by atoms with Gasteiger partial charge in [0, 0.05) is 36.6 Å². The predicted octanol–water partition coefficient (Wildman–Crippen LogP) is 2.69. The van der Waals surface area contributed by atoms with Crippen molar-refractivity contribution in [3.63, 3.8) is 0 Å². The zero-order valence-electron chi connectivity index (χ0n) is 12.7. The first-order valence-corrected chi connectivity index (χ1v) is 8.02. The molecule has 0 amide bonds. The van der Waals surface area contributed by atoms with Crippen LogP contribution in [-0.4, -0.2) is 50.2 Å². The maximum Gasteiger partial charge on any atom is 0.185 e. The quantitative estimate of drug-likeness (QED) is 0.868. The molecule has 112 valence electrons. The van der Waals surface area contributed by atoms with Crippen LogP contribution in [0.25, 0.3) is 0 Å². The van der Waals surface area contributed by atoms with E-state index in [4.69, 9.17) is 4.74 Å². The maximum atomic E-state index is 5.26. The number of thiazole rings is 1. The van der Waals surface area contributed by atoms with Crippen LogP contribution in [-0.2, 0) is 0 Å². The Kier molecular flexibility index (Phi) is 4.12. The fraction of sp³-hybridized carbons (Fsp3) is 0.438. The van der Waals surface area contributed by atoms with Crippen LogP contribution in [0.2, 0.25) is 0 Å². The molecule has 0 N–H and O–H groups in total. The highest BCUT2D eigenvalue weighted by atomic mass is 32.1. The van der Waals surface area contributed by atoms with Gasteiger partial charge in [-0.1, -0.05) is 12.1 Å². The van der Waals surface area contributed by atoms with Crippen LogP contribution in [0.1, 0.15) is 11.5 Å². The number of hydrogen-bond donors (Lipinski definition) is 0. The number of methoxy groups -OCH3 is 1. The summed E-state index contributed by atoms with van der Waals surface area (Å²) in [5.41, 5.74) is 1.37. The average Bonchev–Trinajstić information content (AvgIpc) is 3.16. The molecule has 0 spiro atoms. The number of benzene rings is 1. The van der Waals surface area contributed by atoms with Crippen molar-refractivity contribution in [3.8, 4) is 5.75 Å². The SMILES string of the molecule is COc1ccc([C@@H]2CN(c3nccs3)C[C@H]2N(C)C)cc1. The number of ether oxygens (including phenoxy) is 1. The summed E-state index contributed by atoms with van der Waals surface area (Å²) in [7, 11) is 6.02. The number of rotatable bonds is 4. The first-order valence-electron chi connectivity index (χ1n) is 7.14. The van der Waals surface area contributed by atoms with E-state index in [2.05, 4.69) is 41.0 Å². The molecule has 1 saturated heterocycles. The van der Waals surface area contributed by atoms with Gasteiger partial charge in [-0.15, -0.1) is 11.3 Å². The molecule has 0 aliphatic carbocycles. The molecule has 0 unspecified atom stereocenters. The van der Waals surface area contributed by atoms with Gasteiger partial charge in [0.2, 0.25) is 0 Å². The third kappa shape index (κ3) is 2.89. The molecule has 2 aromatic rings. The lowest BCUT2D eigenvalue weighted by Gasteiger charge is -2.25. The zero-order valence-corrected chi connectivity index (χ0v) is 13.5. The second-order valence-electron chi connectivity index (χ2n) is 5.63. The first-order chi connectivity index (χ1) is 10.2. The van der Waals surface area contributed by atoms with E-state index < -0.39 is 0 Å². The highest BCUT2D eigenvalue weighted by molar-refractivity contribution is 7.13. The van der Waals surface area contributed by atoms with Gasteiger partial charge in [-0.3, -0.25) is 0 Å². The summed E-state index contributed by atoms with van der Waals surface area (Å²) in [6.45, 7) is 2.04. The Bertz CT molecular complexity index is 568. The average molecular weight is 303 g/mol. The van der Waals surface area contributed by atoms with Crippen molar-refractivity contribution in [1.82, 2.24) is 9.88 Å². The van der Waals surface area contributed by atoms with E-state index in [1.54, 1.807) is 18.4 Å². The minimum Gasteiger partial charge on any atom is -0.497 e. The van der Waals surface area contributed by atoms with Crippen molar-refractivity contribution in [2.45, 2.75) is 12.0 Å². The van der Waals surface area contributed by atoms with Crippen molar-refractivity contribution in [2.24, 2.45) is 0 Å². The van der Waals surface area contributed by atoms with E-state index in [-0.39, 0.29) is 0 Å². The molecule has 1 aromatic carbocycles. The molecule has 3 rings (SSSR count). The van der Waals surface area contributed by atoms with Crippen LogP contribution in [0.5, 0.6) is 5.75 Å². The maximum absolute atomic E-state index is 5.26. The van der Waals surface area contributed by atoms with Crippen LogP contribution >= 0.6 is 11.3 Å². The van der Waals surface area contributed by atoms with Gasteiger partial charge in [-0.05, 0) is 31.8 Å². The summed E-state index contributed by atoms with van der Waals surface area (Å²) >= 11 is 1.71. The molecule has 1 aliphatic rings. The van der Waals surface area contributed by atoms with Crippen molar-refractivity contribution < 1.29 is 4.74 Å². The van der Waals surface area contributed by atoms with Gasteiger partial charge in [-0.25, -0.2) is 4.98 Å². The molecule has 21 heavy (non-hydrogen) atoms. The lowest BCUT2D eigenvalue weighted by molar-refractivity contribution is 0.292. The largest absolute Gasteiger partial charge is 0.497 e. The highest BCUT2D eigenvalue weighted by Crippen LogP contribution is 2.34. The van der Waals surface area contributed by atoms with E-state index >= 15 is 0 Å². The Morgan fingerprint density at radius 2 is 2.00 bits per heavy atom. The Hall–Kier alpha value is -1.59. The Labute approximate surface area is 130 Å². The smallest absolute Gasteiger partial charge is 0.185 e. The minimum atomic E-state index is 0.495. The zero-order chi connectivity index (χ0) is 14.8. The Morgan fingerprint density at radius 1 is 1.24 bits per heavy atom. The molecule has 4 nitrogen and oxygen atoms in total. The van der Waals surface area contributed by atoms with Gasteiger partial charge in [0.1, 0.15) is 5.75 Å². The summed E-state index contributed by atoms with van der Waals surface area (Å²) < 4.78 is 5.26. The molecular weight excluding hydrogens is 282 g/mol. The molecule has 2 atom stereocenters. The summed E-state index contributed by atoms with van der Waals surface area (Å²) in [4.78, 5) is 9.17.